The molecule has 1 aliphatic rings. The number of hydrogen-bond acceptors (Lipinski definition) is 4. The van der Waals surface area contributed by atoms with Gasteiger partial charge in [-0.05, 0) is 43.3 Å². The summed E-state index contributed by atoms with van der Waals surface area (Å²) in [6.45, 7) is 1.95. The lowest BCUT2D eigenvalue weighted by Crippen LogP contribution is -2.31. The number of rotatable bonds is 4. The molecule has 0 spiro atoms. The Morgan fingerprint density at radius 2 is 1.61 bits per heavy atom. The van der Waals surface area contributed by atoms with E-state index in [1.165, 1.54) is 6.08 Å². The van der Waals surface area contributed by atoms with Crippen LogP contribution in [0.1, 0.15) is 5.56 Å². The number of imide groups is 1. The standard InChI is InChI=1S/C18H16N2O3/c1-12-3-7-14(8-4-12)20-17(21)11-16(18(20)22)19-13-5-9-15(23-2)10-6-13/h3-11,19H,1-2H3. The number of nitrogens with zero attached hydrogens (tertiary/aromatic N) is 1. The number of carbonyl (C=O) groups excluding carboxylic acids is 2. The van der Waals surface area contributed by atoms with Crippen molar-refractivity contribution in [2.24, 2.45) is 0 Å². The minimum absolute atomic E-state index is 0.251. The van der Waals surface area contributed by atoms with E-state index in [9.17, 15) is 9.59 Å². The van der Waals surface area contributed by atoms with Crippen molar-refractivity contribution in [2.45, 2.75) is 6.92 Å². The summed E-state index contributed by atoms with van der Waals surface area (Å²) in [6, 6.07) is 14.4. The predicted octanol–water partition coefficient (Wildman–Crippen LogP) is 2.87. The fraction of sp³-hybridized carbons (Fsp3) is 0.111. The Morgan fingerprint density at radius 3 is 2.22 bits per heavy atom. The molecule has 2 aromatic rings. The topological polar surface area (TPSA) is 58.6 Å². The Balaban J connectivity index is 1.79. The summed E-state index contributed by atoms with van der Waals surface area (Å²) in [4.78, 5) is 25.8. The molecule has 2 aromatic carbocycles. The van der Waals surface area contributed by atoms with Crippen LogP contribution >= 0.6 is 0 Å². The van der Waals surface area contributed by atoms with E-state index in [0.29, 0.717) is 11.4 Å². The van der Waals surface area contributed by atoms with Crippen LogP contribution in [-0.4, -0.2) is 18.9 Å². The van der Waals surface area contributed by atoms with Crippen LogP contribution in [-0.2, 0) is 9.59 Å². The van der Waals surface area contributed by atoms with Gasteiger partial charge in [0.15, 0.2) is 0 Å². The zero-order valence-corrected chi connectivity index (χ0v) is 12.9. The fourth-order valence-corrected chi connectivity index (χ4v) is 2.33. The highest BCUT2D eigenvalue weighted by Crippen LogP contribution is 2.24. The second-order valence-corrected chi connectivity index (χ2v) is 5.23. The van der Waals surface area contributed by atoms with Crippen LogP contribution in [0.2, 0.25) is 0 Å². The summed E-state index contributed by atoms with van der Waals surface area (Å²) in [5, 5.41) is 2.98. The first-order valence-corrected chi connectivity index (χ1v) is 7.16. The third kappa shape index (κ3) is 2.94. The number of hydrogen-bond donors (Lipinski definition) is 1. The normalized spacial score (nSPS) is 14.0. The quantitative estimate of drug-likeness (QED) is 0.882. The first-order chi connectivity index (χ1) is 11.1. The van der Waals surface area contributed by atoms with E-state index in [4.69, 9.17) is 4.74 Å². The molecule has 0 saturated carbocycles. The van der Waals surface area contributed by atoms with Crippen molar-refractivity contribution in [3.8, 4) is 5.75 Å². The van der Waals surface area contributed by atoms with Gasteiger partial charge in [0, 0.05) is 11.8 Å². The Bertz CT molecular complexity index is 777. The number of carbonyl (C=O) groups is 2. The van der Waals surface area contributed by atoms with Crippen molar-refractivity contribution in [1.82, 2.24) is 0 Å². The first kappa shape index (κ1) is 14.8. The molecule has 1 N–H and O–H groups in total. The van der Waals surface area contributed by atoms with Gasteiger partial charge in [0.25, 0.3) is 11.8 Å². The second kappa shape index (κ2) is 5.96. The van der Waals surface area contributed by atoms with E-state index in [1.807, 2.05) is 19.1 Å². The fourth-order valence-electron chi connectivity index (χ4n) is 2.33. The van der Waals surface area contributed by atoms with Crippen molar-refractivity contribution in [3.05, 3.63) is 65.9 Å². The highest BCUT2D eigenvalue weighted by molar-refractivity contribution is 6.31. The van der Waals surface area contributed by atoms with Gasteiger partial charge in [-0.15, -0.1) is 0 Å². The van der Waals surface area contributed by atoms with E-state index in [1.54, 1.807) is 43.5 Å². The minimum atomic E-state index is -0.366. The summed E-state index contributed by atoms with van der Waals surface area (Å²) in [6.07, 6.45) is 1.31. The van der Waals surface area contributed by atoms with Gasteiger partial charge >= 0.3 is 0 Å². The molecule has 5 heteroatoms. The number of nitrogens with one attached hydrogen (secondary N) is 1. The van der Waals surface area contributed by atoms with Crippen LogP contribution in [0.25, 0.3) is 0 Å². The molecule has 0 atom stereocenters. The number of anilines is 2. The lowest BCUT2D eigenvalue weighted by atomic mass is 10.2. The summed E-state index contributed by atoms with van der Waals surface area (Å²) in [5.74, 6) is 0.00386. The third-order valence-electron chi connectivity index (χ3n) is 3.58. The average molecular weight is 308 g/mol. The molecule has 2 amide bonds. The molecule has 0 unspecified atom stereocenters. The lowest BCUT2D eigenvalue weighted by molar-refractivity contribution is -0.120. The molecule has 5 nitrogen and oxygen atoms in total. The van der Waals surface area contributed by atoms with Gasteiger partial charge in [-0.3, -0.25) is 9.59 Å². The van der Waals surface area contributed by atoms with Crippen LogP contribution in [0.5, 0.6) is 5.75 Å². The maximum atomic E-state index is 12.5. The van der Waals surface area contributed by atoms with Crippen LogP contribution in [0.15, 0.2) is 60.3 Å². The van der Waals surface area contributed by atoms with Gasteiger partial charge in [-0.2, -0.15) is 0 Å². The molecule has 0 aliphatic carbocycles. The van der Waals surface area contributed by atoms with Gasteiger partial charge in [0.2, 0.25) is 0 Å². The Hall–Kier alpha value is -3.08. The van der Waals surface area contributed by atoms with E-state index in [-0.39, 0.29) is 17.5 Å². The predicted molar refractivity (Wildman–Crippen MR) is 88.4 cm³/mol. The van der Waals surface area contributed by atoms with Gasteiger partial charge in [-0.25, -0.2) is 4.90 Å². The third-order valence-corrected chi connectivity index (χ3v) is 3.58. The molecule has 0 aromatic heterocycles. The second-order valence-electron chi connectivity index (χ2n) is 5.23. The molecular formula is C18H16N2O3. The molecular weight excluding hydrogens is 292 g/mol. The van der Waals surface area contributed by atoms with Gasteiger partial charge in [0.05, 0.1) is 12.8 Å². The number of aryl methyl sites for hydroxylation is 1. The van der Waals surface area contributed by atoms with Crippen LogP contribution in [0, 0.1) is 6.92 Å². The number of benzene rings is 2. The maximum absolute atomic E-state index is 12.5. The summed E-state index contributed by atoms with van der Waals surface area (Å²) in [5.41, 5.74) is 2.59. The Kier molecular flexibility index (Phi) is 3.85. The number of amides is 2. The first-order valence-electron chi connectivity index (χ1n) is 7.16. The molecule has 0 fully saturated rings. The van der Waals surface area contributed by atoms with Gasteiger partial charge in [0.1, 0.15) is 11.4 Å². The van der Waals surface area contributed by atoms with Crippen molar-refractivity contribution < 1.29 is 14.3 Å². The molecule has 3 rings (SSSR count). The molecule has 1 heterocycles. The Morgan fingerprint density at radius 1 is 0.957 bits per heavy atom. The van der Waals surface area contributed by atoms with Crippen LogP contribution < -0.4 is 15.0 Å². The van der Waals surface area contributed by atoms with Crippen molar-refractivity contribution >= 4 is 23.2 Å². The molecule has 116 valence electrons. The zero-order valence-electron chi connectivity index (χ0n) is 12.9. The maximum Gasteiger partial charge on any atom is 0.281 e. The van der Waals surface area contributed by atoms with Gasteiger partial charge < -0.3 is 10.1 Å². The monoisotopic (exact) mass is 308 g/mol. The van der Waals surface area contributed by atoms with Crippen LogP contribution in [0.4, 0.5) is 11.4 Å². The van der Waals surface area contributed by atoms with Crippen molar-refractivity contribution in [1.29, 1.82) is 0 Å². The highest BCUT2D eigenvalue weighted by atomic mass is 16.5. The smallest absolute Gasteiger partial charge is 0.281 e. The van der Waals surface area contributed by atoms with E-state index < -0.39 is 0 Å². The number of methoxy groups -OCH3 is 1. The molecule has 0 radical (unpaired) electrons. The van der Waals surface area contributed by atoms with E-state index in [2.05, 4.69) is 5.32 Å². The van der Waals surface area contributed by atoms with E-state index >= 15 is 0 Å². The zero-order chi connectivity index (χ0) is 16.4. The van der Waals surface area contributed by atoms with E-state index in [0.717, 1.165) is 16.2 Å². The molecule has 0 bridgehead atoms. The molecule has 1 aliphatic heterocycles. The van der Waals surface area contributed by atoms with Crippen LogP contribution in [0.3, 0.4) is 0 Å². The molecule has 0 saturated heterocycles. The highest BCUT2D eigenvalue weighted by Gasteiger charge is 2.32. The largest absolute Gasteiger partial charge is 0.497 e. The van der Waals surface area contributed by atoms with Crippen molar-refractivity contribution in [3.63, 3.8) is 0 Å². The summed E-state index contributed by atoms with van der Waals surface area (Å²) in [7, 11) is 1.59. The summed E-state index contributed by atoms with van der Waals surface area (Å²) < 4.78 is 5.09. The minimum Gasteiger partial charge on any atom is -0.497 e. The van der Waals surface area contributed by atoms with Crippen molar-refractivity contribution in [2.75, 3.05) is 17.3 Å². The SMILES string of the molecule is COc1ccc(NC2=CC(=O)N(c3ccc(C)cc3)C2=O)cc1. The van der Waals surface area contributed by atoms with Gasteiger partial charge in [-0.1, -0.05) is 17.7 Å². The molecule has 23 heavy (non-hydrogen) atoms. The summed E-state index contributed by atoms with van der Waals surface area (Å²) >= 11 is 0. The number of ether oxygens (including phenoxy) is 1. The average Bonchev–Trinajstić information content (AvgIpc) is 2.83. The lowest BCUT2D eigenvalue weighted by Gasteiger charge is -2.15. The Labute approximate surface area is 134 Å².